The summed E-state index contributed by atoms with van der Waals surface area (Å²) in [6.45, 7) is 7.25. The summed E-state index contributed by atoms with van der Waals surface area (Å²) in [5, 5.41) is 3.66. The van der Waals surface area contributed by atoms with Crippen LogP contribution in [0.3, 0.4) is 0 Å². The van der Waals surface area contributed by atoms with Gasteiger partial charge in [-0.2, -0.15) is 0 Å². The Labute approximate surface area is 166 Å². The number of carbonyl (C=O) groups excluding carboxylic acids is 2. The molecule has 0 fully saturated rings. The lowest BCUT2D eigenvalue weighted by atomic mass is 9.71. The van der Waals surface area contributed by atoms with Crippen LogP contribution in [0.15, 0.2) is 47.6 Å². The molecule has 0 aromatic heterocycles. The lowest BCUT2D eigenvalue weighted by Gasteiger charge is -2.32. The summed E-state index contributed by atoms with van der Waals surface area (Å²) in [6.07, 6.45) is 4.23. The van der Waals surface area contributed by atoms with Crippen LogP contribution in [0, 0.1) is 0 Å². The fourth-order valence-electron chi connectivity index (χ4n) is 4.50. The van der Waals surface area contributed by atoms with Gasteiger partial charge in [0.2, 0.25) is 5.78 Å². The van der Waals surface area contributed by atoms with Gasteiger partial charge in [-0.05, 0) is 48.1 Å². The van der Waals surface area contributed by atoms with Crippen molar-refractivity contribution < 1.29 is 14.4 Å². The molecule has 0 amide bonds. The zero-order valence-corrected chi connectivity index (χ0v) is 17.0. The maximum atomic E-state index is 12.8. The molecule has 0 spiro atoms. The second-order valence-electron chi connectivity index (χ2n) is 7.48. The molecule has 3 rings (SSSR count). The second kappa shape index (κ2) is 8.09. The van der Waals surface area contributed by atoms with E-state index in [1.54, 1.807) is 6.92 Å². The van der Waals surface area contributed by atoms with Crippen LogP contribution in [-0.4, -0.2) is 17.5 Å². The minimum atomic E-state index is -0.540. The normalized spacial score (nSPS) is 14.4. The molecule has 1 aliphatic carbocycles. The van der Waals surface area contributed by atoms with E-state index < -0.39 is 5.97 Å². The molecule has 0 N–H and O–H groups in total. The first-order valence-corrected chi connectivity index (χ1v) is 9.96. The molecule has 2 aromatic carbocycles. The fraction of sp³-hybridized carbons (Fsp3) is 0.375. The van der Waals surface area contributed by atoms with Gasteiger partial charge in [0, 0.05) is 17.9 Å². The molecule has 2 aromatic rings. The van der Waals surface area contributed by atoms with E-state index in [-0.39, 0.29) is 16.9 Å². The second-order valence-corrected chi connectivity index (χ2v) is 7.48. The highest BCUT2D eigenvalue weighted by atomic mass is 16.7. The molecule has 4 heteroatoms. The SMILES string of the molecule is CCCC1(CCC)c2ccccc2-c2ccc(C(=O)/C(C)=N/OC(C)=O)cc21. The Bertz CT molecular complexity index is 937. The predicted octanol–water partition coefficient (Wildman–Crippen LogP) is 5.68. The first kappa shape index (κ1) is 20.0. The Kier molecular flexibility index (Phi) is 5.78. The van der Waals surface area contributed by atoms with Crippen LogP contribution in [0.2, 0.25) is 0 Å². The average molecular weight is 377 g/mol. The van der Waals surface area contributed by atoms with Crippen LogP contribution < -0.4 is 0 Å². The molecule has 0 atom stereocenters. The van der Waals surface area contributed by atoms with Gasteiger partial charge >= 0.3 is 5.97 Å². The van der Waals surface area contributed by atoms with Gasteiger partial charge in [-0.15, -0.1) is 0 Å². The number of oxime groups is 1. The molecule has 1 aliphatic rings. The maximum Gasteiger partial charge on any atom is 0.331 e. The third-order valence-electron chi connectivity index (χ3n) is 5.52. The number of ketones is 1. The largest absolute Gasteiger partial charge is 0.331 e. The quantitative estimate of drug-likeness (QED) is 0.270. The first-order chi connectivity index (χ1) is 13.4. The summed E-state index contributed by atoms with van der Waals surface area (Å²) in [7, 11) is 0. The average Bonchev–Trinajstić information content (AvgIpc) is 2.96. The molecular formula is C24H27NO3. The lowest BCUT2D eigenvalue weighted by molar-refractivity contribution is -0.140. The van der Waals surface area contributed by atoms with E-state index in [1.807, 2.05) is 18.2 Å². The number of rotatable bonds is 7. The number of fused-ring (bicyclic) bond motifs is 3. The predicted molar refractivity (Wildman–Crippen MR) is 112 cm³/mol. The lowest BCUT2D eigenvalue weighted by Crippen LogP contribution is -2.25. The Morgan fingerprint density at radius 3 is 2.21 bits per heavy atom. The standard InChI is InChI=1S/C24H27NO3/c1-5-13-24(14-6-2)21-10-8-7-9-19(21)20-12-11-18(15-22(20)24)23(27)16(3)25-28-17(4)26/h7-12,15H,5-6,13-14H2,1-4H3/b25-16+. The molecule has 0 radical (unpaired) electrons. The third kappa shape index (κ3) is 3.39. The van der Waals surface area contributed by atoms with E-state index in [4.69, 9.17) is 0 Å². The fourth-order valence-corrected chi connectivity index (χ4v) is 4.50. The van der Waals surface area contributed by atoms with Crippen LogP contribution >= 0.6 is 0 Å². The van der Waals surface area contributed by atoms with Crippen LogP contribution in [0.1, 0.15) is 74.9 Å². The van der Waals surface area contributed by atoms with Crippen LogP contribution in [0.4, 0.5) is 0 Å². The molecule has 0 saturated heterocycles. The van der Waals surface area contributed by atoms with Gasteiger partial charge in [0.05, 0.1) is 0 Å². The van der Waals surface area contributed by atoms with E-state index in [1.165, 1.54) is 29.2 Å². The molecule has 0 aliphatic heterocycles. The number of carbonyl (C=O) groups is 2. The van der Waals surface area contributed by atoms with Crippen LogP contribution in [-0.2, 0) is 15.0 Å². The number of nitrogens with zero attached hydrogens (tertiary/aromatic N) is 1. The van der Waals surface area contributed by atoms with Crippen molar-refractivity contribution in [3.05, 3.63) is 59.2 Å². The minimum absolute atomic E-state index is 0.0628. The molecule has 0 bridgehead atoms. The van der Waals surface area contributed by atoms with Crippen molar-refractivity contribution in [2.24, 2.45) is 5.16 Å². The van der Waals surface area contributed by atoms with Gasteiger partial charge in [-0.1, -0.05) is 68.2 Å². The molecule has 4 nitrogen and oxygen atoms in total. The van der Waals surface area contributed by atoms with Crippen LogP contribution in [0.5, 0.6) is 0 Å². The van der Waals surface area contributed by atoms with Gasteiger partial charge in [-0.25, -0.2) is 4.79 Å². The van der Waals surface area contributed by atoms with Gasteiger partial charge in [0.25, 0.3) is 0 Å². The Morgan fingerprint density at radius 2 is 1.57 bits per heavy atom. The zero-order chi connectivity index (χ0) is 20.3. The summed E-state index contributed by atoms with van der Waals surface area (Å²) in [5.41, 5.74) is 5.75. The molecular weight excluding hydrogens is 350 g/mol. The van der Waals surface area contributed by atoms with Gasteiger partial charge < -0.3 is 4.84 Å². The molecule has 0 saturated carbocycles. The van der Waals surface area contributed by atoms with Gasteiger partial charge in [-0.3, -0.25) is 4.79 Å². The summed E-state index contributed by atoms with van der Waals surface area (Å²) in [5.74, 6) is -0.761. The Balaban J connectivity index is 2.12. The van der Waals surface area contributed by atoms with E-state index in [0.717, 1.165) is 25.7 Å². The number of Topliss-reactive ketones (excluding diaryl/α,β-unsaturated/α-hetero) is 1. The first-order valence-electron chi connectivity index (χ1n) is 9.96. The molecule has 146 valence electrons. The van der Waals surface area contributed by atoms with Crippen molar-refractivity contribution in [3.8, 4) is 11.1 Å². The Morgan fingerprint density at radius 1 is 0.929 bits per heavy atom. The van der Waals surface area contributed by atoms with E-state index >= 15 is 0 Å². The number of hydrogen-bond acceptors (Lipinski definition) is 4. The molecule has 0 heterocycles. The van der Waals surface area contributed by atoms with E-state index in [2.05, 4.69) is 48.1 Å². The van der Waals surface area contributed by atoms with Crippen molar-refractivity contribution in [2.75, 3.05) is 0 Å². The smallest absolute Gasteiger partial charge is 0.318 e. The van der Waals surface area contributed by atoms with Crippen molar-refractivity contribution >= 4 is 17.5 Å². The van der Waals surface area contributed by atoms with Crippen molar-refractivity contribution in [3.63, 3.8) is 0 Å². The maximum absolute atomic E-state index is 12.8. The van der Waals surface area contributed by atoms with Crippen LogP contribution in [0.25, 0.3) is 11.1 Å². The highest BCUT2D eigenvalue weighted by Crippen LogP contribution is 2.53. The molecule has 0 unspecified atom stereocenters. The summed E-state index contributed by atoms with van der Waals surface area (Å²) >= 11 is 0. The van der Waals surface area contributed by atoms with Crippen molar-refractivity contribution in [1.29, 1.82) is 0 Å². The Hall–Kier alpha value is -2.75. The summed E-state index contributed by atoms with van der Waals surface area (Å²) in [6, 6.07) is 14.5. The van der Waals surface area contributed by atoms with Crippen molar-refractivity contribution in [1.82, 2.24) is 0 Å². The van der Waals surface area contributed by atoms with Gasteiger partial charge in [0.1, 0.15) is 5.71 Å². The van der Waals surface area contributed by atoms with Crippen molar-refractivity contribution in [2.45, 2.75) is 58.8 Å². The molecule has 28 heavy (non-hydrogen) atoms. The third-order valence-corrected chi connectivity index (χ3v) is 5.52. The monoisotopic (exact) mass is 377 g/mol. The summed E-state index contributed by atoms with van der Waals surface area (Å²) in [4.78, 5) is 28.4. The highest BCUT2D eigenvalue weighted by molar-refractivity contribution is 6.45. The summed E-state index contributed by atoms with van der Waals surface area (Å²) < 4.78 is 0. The number of benzene rings is 2. The zero-order valence-electron chi connectivity index (χ0n) is 17.0. The highest BCUT2D eigenvalue weighted by Gasteiger charge is 2.41. The number of hydrogen-bond donors (Lipinski definition) is 0. The van der Waals surface area contributed by atoms with Gasteiger partial charge in [0.15, 0.2) is 0 Å². The van der Waals surface area contributed by atoms with E-state index in [9.17, 15) is 9.59 Å². The van der Waals surface area contributed by atoms with E-state index in [0.29, 0.717) is 5.56 Å². The minimum Gasteiger partial charge on any atom is -0.318 e. The topological polar surface area (TPSA) is 55.7 Å².